The Kier molecular flexibility index (Phi) is 41.6. The van der Waals surface area contributed by atoms with E-state index in [-0.39, 0.29) is 147 Å². The van der Waals surface area contributed by atoms with Gasteiger partial charge in [0.25, 0.3) is 0 Å². The van der Waals surface area contributed by atoms with Gasteiger partial charge < -0.3 is 123 Å². The van der Waals surface area contributed by atoms with E-state index < -0.39 is 236 Å². The van der Waals surface area contributed by atoms with Crippen LogP contribution in [0, 0.1) is 47.3 Å². The minimum absolute atomic E-state index is 0.162. The molecule has 6 saturated heterocycles. The molecule has 6 heterocycles. The van der Waals surface area contributed by atoms with Crippen LogP contribution in [0.15, 0.2) is 40.9 Å². The molecule has 8 saturated carbocycles. The third-order valence-corrected chi connectivity index (χ3v) is 93.8. The molecule has 0 radical (unpaired) electrons. The van der Waals surface area contributed by atoms with Crippen LogP contribution in [-0.2, 0) is 82.3 Å². The lowest BCUT2D eigenvalue weighted by Crippen LogP contribution is -2.93. The lowest BCUT2D eigenvalue weighted by molar-refractivity contribution is -0.130. The molecule has 24 atom stereocenters. The molecule has 14 fully saturated rings. The number of aliphatic hydroxyl groups excluding tert-OH is 8. The van der Waals surface area contributed by atoms with Gasteiger partial charge in [-0.1, -0.05) is 92.3 Å². The zero-order valence-electron chi connectivity index (χ0n) is 88.6. The molecule has 8 bridgehead atoms. The minimum Gasteiger partial charge on any atom is -0.395 e. The zero-order chi connectivity index (χ0) is 108. The molecule has 14 rings (SSSR count). The number of hydrogen-bond acceptors (Lipinski definition) is 36. The third kappa shape index (κ3) is 33.5. The van der Waals surface area contributed by atoms with Gasteiger partial charge in [0.1, 0.15) is 0 Å². The summed E-state index contributed by atoms with van der Waals surface area (Å²) in [4.78, 5) is 24.7. The van der Waals surface area contributed by atoms with Crippen molar-refractivity contribution >= 4 is 139 Å². The Morgan fingerprint density at radius 1 is 0.189 bits per heavy atom. The van der Waals surface area contributed by atoms with E-state index in [2.05, 4.69) is 80.2 Å². The molecular formula is C80H160N24O28Si16. The number of azide groups is 8. The molecule has 832 valence electrons. The number of aliphatic hydroxyl groups is 8. The molecule has 0 amide bonds. The first kappa shape index (κ1) is 122. The quantitative estimate of drug-likeness (QED) is 0.0121. The Morgan fingerprint density at radius 2 is 0.284 bits per heavy atom. The van der Waals surface area contributed by atoms with Gasteiger partial charge in [0.15, 0.2) is 66.5 Å². The number of nitrogens with zero attached hydrogens (tertiary/aromatic N) is 24. The van der Waals surface area contributed by atoms with Crippen LogP contribution in [0.5, 0.6) is 0 Å². The number of rotatable bonds is 48. The highest BCUT2D eigenvalue weighted by atomic mass is 28.7. The molecule has 8 N–H and O–H groups in total. The highest BCUT2D eigenvalue weighted by Gasteiger charge is 2.93. The van der Waals surface area contributed by atoms with E-state index in [1.807, 2.05) is 105 Å². The molecule has 148 heavy (non-hydrogen) atoms. The number of hydrogen-bond donors (Lipinski definition) is 8. The summed E-state index contributed by atoms with van der Waals surface area (Å²) >= 11 is 0. The molecule has 68 heteroatoms. The van der Waals surface area contributed by atoms with Gasteiger partial charge in [0, 0.05) is 39.3 Å². The molecule has 6 aliphatic heterocycles. The normalized spacial score (nSPS) is 39.5. The lowest BCUT2D eigenvalue weighted by atomic mass is 9.83. The van der Waals surface area contributed by atoms with Gasteiger partial charge in [-0.15, -0.1) is 0 Å². The fourth-order valence-electron chi connectivity index (χ4n) is 23.8. The Balaban J connectivity index is 1.11. The molecule has 8 aliphatic carbocycles. The van der Waals surface area contributed by atoms with Crippen molar-refractivity contribution < 1.29 is 123 Å². The average Bonchev–Trinajstić information content (AvgIpc) is 0.674. The lowest BCUT2D eigenvalue weighted by Gasteiger charge is -2.61. The van der Waals surface area contributed by atoms with Crippen molar-refractivity contribution in [2.75, 3.05) is 0 Å². The zero-order valence-corrected chi connectivity index (χ0v) is 105. The van der Waals surface area contributed by atoms with Crippen molar-refractivity contribution in [3.8, 4) is 0 Å². The predicted octanol–water partition coefficient (Wildman–Crippen LogP) is 19.4. The van der Waals surface area contributed by atoms with Crippen LogP contribution in [0.1, 0.15) is 205 Å². The Hall–Kier alpha value is -3.17. The predicted molar refractivity (Wildman–Crippen MR) is 573 cm³/mol. The smallest absolute Gasteiger partial charge is 0.395 e. The summed E-state index contributed by atoms with van der Waals surface area (Å²) < 4.78 is 168. The fraction of sp³-hybridized carbons (Fsp3) is 1.00. The maximum absolute atomic E-state index is 11.8. The molecule has 14 aliphatic rings. The van der Waals surface area contributed by atoms with Crippen molar-refractivity contribution in [2.45, 2.75) is 456 Å². The monoisotopic (exact) mass is 2350 g/mol. The van der Waals surface area contributed by atoms with E-state index in [4.69, 9.17) is 82.3 Å². The summed E-state index contributed by atoms with van der Waals surface area (Å²) in [6, 6.07) is -3.25. The summed E-state index contributed by atoms with van der Waals surface area (Å²) in [5.41, 5.74) is 77.6. The molecule has 0 aromatic carbocycles. The van der Waals surface area contributed by atoms with Crippen LogP contribution in [0.4, 0.5) is 0 Å². The van der Waals surface area contributed by atoms with Gasteiger partial charge >= 0.3 is 72.4 Å². The summed E-state index contributed by atoms with van der Waals surface area (Å²) in [5.74, 6) is -1.30. The molecule has 0 aromatic heterocycles. The van der Waals surface area contributed by atoms with Gasteiger partial charge in [-0.3, -0.25) is 0 Å². The van der Waals surface area contributed by atoms with Crippen molar-refractivity contribution in [1.82, 2.24) is 0 Å². The first-order valence-electron chi connectivity index (χ1n) is 53.3. The summed E-state index contributed by atoms with van der Waals surface area (Å²) in [5, 5.41) is 126. The van der Waals surface area contributed by atoms with Crippen LogP contribution in [0.25, 0.3) is 83.5 Å². The van der Waals surface area contributed by atoms with E-state index in [0.717, 1.165) is 0 Å². The minimum atomic E-state index is -6.09. The molecule has 24 unspecified atom stereocenters. The highest BCUT2D eigenvalue weighted by Crippen LogP contribution is 2.57. The van der Waals surface area contributed by atoms with Gasteiger partial charge in [-0.05, 0) is 399 Å². The summed E-state index contributed by atoms with van der Waals surface area (Å²) in [7, 11) is -79.3. The topological polar surface area (TPSA) is 737 Å². The van der Waals surface area contributed by atoms with Gasteiger partial charge in [0.2, 0.25) is 0 Å². The highest BCUT2D eigenvalue weighted by molar-refractivity contribution is 7.05. The Bertz CT molecular complexity index is 3960. The first-order valence-corrected chi connectivity index (χ1v) is 91.3. The summed E-state index contributed by atoms with van der Waals surface area (Å²) in [6.07, 6.45) is 5.17. The van der Waals surface area contributed by atoms with Gasteiger partial charge in [-0.2, -0.15) is 0 Å². The average molecular weight is 2360 g/mol. The van der Waals surface area contributed by atoms with Crippen LogP contribution in [-0.4, -0.2) is 277 Å². The SMILES string of the molecule is C[Si](C)(CCC1CCC(N=[N+]=[N-])C(O)C1)O[Si]12O[Si]3(O[Si](C)(C)CCC4CCC(N=[N+]=[N-])C(O)C4)O[Si]4(O[Si](C)(C)CCC5CCC(N=[N+]=[N-])C(O)C5)O[Si](O[Si](C)(C)CCC5CCC(N=[N+]=[N-])C(O)C5)(O1)O[Si]1(O[Si](C)(C)CCC5CCC(N=[N+]=[N-])C(O)C5)O[Si](O[Si](C)(C)CCC5CCC(N=[N+]=[N-])C(O)C5)(O2)O[Si](O[Si](C)(C)CCC2CCC(N=[N+]=[N-])C(O)C2)(O3)O[Si](O[Si](C)(C)CCC2CCC(N=[N+]=[N-])C(O)C2)(O4)O1. The van der Waals surface area contributed by atoms with Crippen LogP contribution >= 0.6 is 0 Å². The van der Waals surface area contributed by atoms with Gasteiger partial charge in [-0.25, -0.2) is 0 Å². The van der Waals surface area contributed by atoms with Crippen LogP contribution < -0.4 is 0 Å². The maximum Gasteiger partial charge on any atom is 0.651 e. The molecule has 0 aromatic rings. The molecule has 52 nitrogen and oxygen atoms in total. The van der Waals surface area contributed by atoms with Crippen LogP contribution in [0.3, 0.4) is 0 Å². The molecular weight excluding hydrogens is 2190 g/mol. The second-order valence-electron chi connectivity index (χ2n) is 48.6. The van der Waals surface area contributed by atoms with E-state index in [0.29, 0.717) is 154 Å². The van der Waals surface area contributed by atoms with E-state index in [1.165, 1.54) is 0 Å². The standard InChI is InChI=1S/C80H160N24O28Si16/c1-133(2,41-33-57-17-25-65(89-97-81)73(105)49-57)113-141-121-142(114-134(3,4)42-34-58-18-26-66(90-98-82)74(106)50-58)124-145(117-137(9,10)45-37-61-21-29-69(93-101-85)77(109)53-61)126-143(122-141,115-135(5,6)43-35-59-19-27-67(91-99-83)75(107)51-59)128-147(119-139(13,14)47-39-63-23-31-71(95-103-87)79(111)55-63)129-144(123-141,116-136(7,8)44-36-60-20-28-68(92-100-84)76(108)52-60)127-146(125-142,118-138(11,12)46-38-62-22-30-70(94-102-86)78(110)54-62)131-148(130-145,132-147)120-140(15,16)48-40-64-24-32-72(96-104-88)80(112)56-64/h57-80,105-112H,17-56H2,1-16H3. The fourth-order valence-corrected chi connectivity index (χ4v) is 98.2. The summed E-state index contributed by atoms with van der Waals surface area (Å²) in [6.45, 7) is 31.2. The maximum atomic E-state index is 11.8. The Labute approximate surface area is 883 Å². The molecule has 0 spiro atoms. The van der Waals surface area contributed by atoms with E-state index in [9.17, 15) is 85.1 Å². The van der Waals surface area contributed by atoms with E-state index >= 15 is 0 Å². The largest absolute Gasteiger partial charge is 0.651 e. The third-order valence-electron chi connectivity index (χ3n) is 32.2. The second kappa shape index (κ2) is 50.6. The first-order chi connectivity index (χ1) is 69.5. The van der Waals surface area contributed by atoms with Crippen molar-refractivity contribution in [2.24, 2.45) is 88.3 Å². The van der Waals surface area contributed by atoms with Crippen molar-refractivity contribution in [1.29, 1.82) is 0 Å². The van der Waals surface area contributed by atoms with Gasteiger partial charge in [0.05, 0.1) is 97.2 Å². The van der Waals surface area contributed by atoms with Crippen LogP contribution in [0.2, 0.25) is 153 Å². The Morgan fingerprint density at radius 3 is 0.365 bits per heavy atom. The van der Waals surface area contributed by atoms with E-state index in [1.54, 1.807) is 0 Å². The second-order valence-corrected chi connectivity index (χ2v) is 105. The van der Waals surface area contributed by atoms with Crippen molar-refractivity contribution in [3.05, 3.63) is 83.5 Å². The van der Waals surface area contributed by atoms with Crippen molar-refractivity contribution in [3.63, 3.8) is 0 Å².